The molecule has 1 aliphatic heterocycles. The van der Waals surface area contributed by atoms with Crippen molar-refractivity contribution in [1.82, 2.24) is 19.7 Å². The largest absolute Gasteiger partial charge is 0.378 e. The number of nitrogens with zero attached hydrogens (tertiary/aromatic N) is 4. The number of ether oxygens (including phenoxy) is 1. The number of morpholine rings is 1. The summed E-state index contributed by atoms with van der Waals surface area (Å²) in [5, 5.41) is 9.17. The van der Waals surface area contributed by atoms with Crippen LogP contribution in [-0.4, -0.2) is 57.6 Å². The van der Waals surface area contributed by atoms with E-state index < -0.39 is 0 Å². The van der Waals surface area contributed by atoms with E-state index in [-0.39, 0.29) is 5.91 Å². The van der Waals surface area contributed by atoms with E-state index >= 15 is 0 Å². The zero-order valence-corrected chi connectivity index (χ0v) is 15.1. The molecule has 1 amide bonds. The Morgan fingerprint density at radius 2 is 1.92 bits per heavy atom. The number of amides is 1. The van der Waals surface area contributed by atoms with Crippen LogP contribution in [0.3, 0.4) is 0 Å². The number of carbonyl (C=O) groups excluding carboxylic acids is 1. The van der Waals surface area contributed by atoms with Crippen LogP contribution in [0.4, 0.5) is 0 Å². The number of hydrogen-bond donors (Lipinski definition) is 0. The van der Waals surface area contributed by atoms with Gasteiger partial charge in [-0.2, -0.15) is 0 Å². The van der Waals surface area contributed by atoms with Crippen LogP contribution in [0.1, 0.15) is 17.0 Å². The molecule has 2 aromatic rings. The Balaban J connectivity index is 1.75. The summed E-state index contributed by atoms with van der Waals surface area (Å²) in [6.45, 7) is 8.69. The second-order valence-corrected chi connectivity index (χ2v) is 6.86. The normalized spacial score (nSPS) is 14.9. The monoisotopic (exact) mass is 346 g/mol. The molecule has 1 aliphatic rings. The smallest absolute Gasteiger partial charge is 0.233 e. The van der Waals surface area contributed by atoms with E-state index in [1.807, 2.05) is 16.4 Å². The summed E-state index contributed by atoms with van der Waals surface area (Å²) in [6, 6.07) is 6.28. The Hall–Kier alpha value is -1.86. The molecule has 7 heteroatoms. The van der Waals surface area contributed by atoms with Gasteiger partial charge in [0.05, 0.1) is 19.0 Å². The first-order valence-corrected chi connectivity index (χ1v) is 9.03. The maximum atomic E-state index is 12.3. The Kier molecular flexibility index (Phi) is 5.20. The third-order valence-corrected chi connectivity index (χ3v) is 5.15. The summed E-state index contributed by atoms with van der Waals surface area (Å²) >= 11 is 1.43. The van der Waals surface area contributed by atoms with Crippen LogP contribution in [0.5, 0.6) is 0 Å². The van der Waals surface area contributed by atoms with Crippen molar-refractivity contribution in [3.63, 3.8) is 0 Å². The molecule has 2 heterocycles. The van der Waals surface area contributed by atoms with Crippen LogP contribution >= 0.6 is 11.8 Å². The molecule has 0 aliphatic carbocycles. The van der Waals surface area contributed by atoms with Crippen molar-refractivity contribution in [3.8, 4) is 5.69 Å². The third-order valence-electron chi connectivity index (χ3n) is 4.23. The van der Waals surface area contributed by atoms with Crippen molar-refractivity contribution >= 4 is 17.7 Å². The van der Waals surface area contributed by atoms with E-state index in [0.29, 0.717) is 32.1 Å². The number of benzene rings is 1. The molecule has 1 saturated heterocycles. The van der Waals surface area contributed by atoms with Crippen LogP contribution in [0.25, 0.3) is 5.69 Å². The fraction of sp³-hybridized carbons (Fsp3) is 0.471. The van der Waals surface area contributed by atoms with Crippen molar-refractivity contribution in [2.45, 2.75) is 25.9 Å². The van der Waals surface area contributed by atoms with Crippen LogP contribution in [0.15, 0.2) is 23.4 Å². The van der Waals surface area contributed by atoms with Crippen molar-refractivity contribution in [3.05, 3.63) is 35.2 Å². The van der Waals surface area contributed by atoms with Gasteiger partial charge in [-0.05, 0) is 44.0 Å². The van der Waals surface area contributed by atoms with Gasteiger partial charge in [-0.1, -0.05) is 17.8 Å². The van der Waals surface area contributed by atoms with E-state index in [4.69, 9.17) is 4.74 Å². The molecule has 0 unspecified atom stereocenters. The van der Waals surface area contributed by atoms with Gasteiger partial charge in [-0.15, -0.1) is 10.2 Å². The van der Waals surface area contributed by atoms with Gasteiger partial charge < -0.3 is 9.64 Å². The van der Waals surface area contributed by atoms with Crippen molar-refractivity contribution in [2.75, 3.05) is 32.1 Å². The Morgan fingerprint density at radius 3 is 2.62 bits per heavy atom. The predicted octanol–water partition coefficient (Wildman–Crippen LogP) is 2.14. The number of aromatic nitrogens is 3. The van der Waals surface area contributed by atoms with E-state index in [2.05, 4.69) is 42.2 Å². The maximum absolute atomic E-state index is 12.3. The van der Waals surface area contributed by atoms with Crippen LogP contribution in [0.2, 0.25) is 0 Å². The molecule has 1 fully saturated rings. The summed E-state index contributed by atoms with van der Waals surface area (Å²) in [4.78, 5) is 14.2. The first-order chi connectivity index (χ1) is 11.6. The van der Waals surface area contributed by atoms with Gasteiger partial charge in [0, 0.05) is 18.8 Å². The Labute approximate surface area is 146 Å². The van der Waals surface area contributed by atoms with Gasteiger partial charge in [-0.3, -0.25) is 9.36 Å². The summed E-state index contributed by atoms with van der Waals surface area (Å²) < 4.78 is 7.29. The predicted molar refractivity (Wildman–Crippen MR) is 93.7 cm³/mol. The molecule has 0 radical (unpaired) electrons. The molecule has 1 aromatic carbocycles. The van der Waals surface area contributed by atoms with Gasteiger partial charge >= 0.3 is 0 Å². The first-order valence-electron chi connectivity index (χ1n) is 8.04. The molecule has 0 spiro atoms. The molecule has 1 aromatic heterocycles. The van der Waals surface area contributed by atoms with Gasteiger partial charge in [0.15, 0.2) is 5.16 Å². The second kappa shape index (κ2) is 7.36. The van der Waals surface area contributed by atoms with Crippen LogP contribution < -0.4 is 0 Å². The highest BCUT2D eigenvalue weighted by Crippen LogP contribution is 2.23. The quantitative estimate of drug-likeness (QED) is 0.794. The van der Waals surface area contributed by atoms with Crippen LogP contribution in [-0.2, 0) is 9.53 Å². The van der Waals surface area contributed by atoms with E-state index in [1.165, 1.54) is 22.9 Å². The SMILES string of the molecule is Cc1ccc(-n2c(C)nnc2SCC(=O)N2CCOCC2)cc1C. The molecular formula is C17H22N4O2S. The summed E-state index contributed by atoms with van der Waals surface area (Å²) in [7, 11) is 0. The van der Waals surface area contributed by atoms with Gasteiger partial charge in [-0.25, -0.2) is 0 Å². The lowest BCUT2D eigenvalue weighted by Crippen LogP contribution is -2.41. The maximum Gasteiger partial charge on any atom is 0.233 e. The second-order valence-electron chi connectivity index (χ2n) is 5.92. The third kappa shape index (κ3) is 3.62. The van der Waals surface area contributed by atoms with Gasteiger partial charge in [0.1, 0.15) is 5.82 Å². The van der Waals surface area contributed by atoms with Crippen molar-refractivity contribution < 1.29 is 9.53 Å². The lowest BCUT2D eigenvalue weighted by Gasteiger charge is -2.26. The zero-order chi connectivity index (χ0) is 17.1. The van der Waals surface area contributed by atoms with Crippen molar-refractivity contribution in [2.24, 2.45) is 0 Å². The highest BCUT2D eigenvalue weighted by Gasteiger charge is 2.19. The topological polar surface area (TPSA) is 60.2 Å². The van der Waals surface area contributed by atoms with E-state index in [1.54, 1.807) is 0 Å². The zero-order valence-electron chi connectivity index (χ0n) is 14.3. The first kappa shape index (κ1) is 17.0. The highest BCUT2D eigenvalue weighted by atomic mass is 32.2. The minimum atomic E-state index is 0.121. The van der Waals surface area contributed by atoms with E-state index in [0.717, 1.165) is 16.7 Å². The van der Waals surface area contributed by atoms with Gasteiger partial charge in [0.2, 0.25) is 5.91 Å². The summed E-state index contributed by atoms with van der Waals surface area (Å²) in [5.41, 5.74) is 3.50. The highest BCUT2D eigenvalue weighted by molar-refractivity contribution is 7.99. The number of thioether (sulfide) groups is 1. The minimum Gasteiger partial charge on any atom is -0.378 e. The molecule has 0 N–H and O–H groups in total. The molecule has 6 nitrogen and oxygen atoms in total. The Morgan fingerprint density at radius 1 is 1.17 bits per heavy atom. The summed E-state index contributed by atoms with van der Waals surface area (Å²) in [6.07, 6.45) is 0. The molecule has 24 heavy (non-hydrogen) atoms. The molecule has 0 bridgehead atoms. The standard InChI is InChI=1S/C17H22N4O2S/c1-12-4-5-15(10-13(12)2)21-14(3)18-19-17(21)24-11-16(22)20-6-8-23-9-7-20/h4-5,10H,6-9,11H2,1-3H3. The Bertz CT molecular complexity index is 738. The van der Waals surface area contributed by atoms with Gasteiger partial charge in [0.25, 0.3) is 0 Å². The number of rotatable bonds is 4. The van der Waals surface area contributed by atoms with Crippen molar-refractivity contribution in [1.29, 1.82) is 0 Å². The average Bonchev–Trinajstić information content (AvgIpc) is 2.96. The number of carbonyl (C=O) groups is 1. The fourth-order valence-corrected chi connectivity index (χ4v) is 3.53. The minimum absolute atomic E-state index is 0.121. The average molecular weight is 346 g/mol. The molecular weight excluding hydrogens is 324 g/mol. The fourth-order valence-electron chi connectivity index (χ4n) is 2.63. The number of hydrogen-bond acceptors (Lipinski definition) is 5. The molecule has 0 saturated carbocycles. The molecule has 3 rings (SSSR count). The van der Waals surface area contributed by atoms with E-state index in [9.17, 15) is 4.79 Å². The lowest BCUT2D eigenvalue weighted by molar-refractivity contribution is -0.132. The summed E-state index contributed by atoms with van der Waals surface area (Å²) in [5.74, 6) is 1.30. The lowest BCUT2D eigenvalue weighted by atomic mass is 10.1. The molecule has 128 valence electrons. The van der Waals surface area contributed by atoms with Crippen LogP contribution in [0, 0.1) is 20.8 Å². The molecule has 0 atom stereocenters. The number of aryl methyl sites for hydroxylation is 3.